The molecule has 0 aromatic heterocycles. The molecule has 3 atom stereocenters. The van der Waals surface area contributed by atoms with Gasteiger partial charge in [0.15, 0.2) is 11.5 Å². The summed E-state index contributed by atoms with van der Waals surface area (Å²) in [5, 5.41) is 13.8. The number of hydrogen-bond acceptors (Lipinski definition) is 4. The van der Waals surface area contributed by atoms with Gasteiger partial charge in [-0.1, -0.05) is 19.8 Å². The summed E-state index contributed by atoms with van der Waals surface area (Å²) in [6.45, 7) is 2.22. The number of nitrogens with zero attached hydrogens (tertiary/aromatic N) is 1. The molecule has 0 radical (unpaired) electrons. The van der Waals surface area contributed by atoms with E-state index >= 15 is 0 Å². The summed E-state index contributed by atoms with van der Waals surface area (Å²) in [7, 11) is 1.49. The Labute approximate surface area is 144 Å². The molecular formula is C17H21BrN2O3. The number of ether oxygens (including phenoxy) is 1. The van der Waals surface area contributed by atoms with E-state index < -0.39 is 0 Å². The molecule has 2 N–H and O–H groups in total. The van der Waals surface area contributed by atoms with Gasteiger partial charge in [0.1, 0.15) is 0 Å². The van der Waals surface area contributed by atoms with Crippen molar-refractivity contribution in [2.45, 2.75) is 32.6 Å². The van der Waals surface area contributed by atoms with Gasteiger partial charge < -0.3 is 9.84 Å². The van der Waals surface area contributed by atoms with Crippen molar-refractivity contribution in [1.82, 2.24) is 5.43 Å². The van der Waals surface area contributed by atoms with Gasteiger partial charge in [0.05, 0.1) is 17.8 Å². The number of hydrazone groups is 1. The molecule has 2 saturated carbocycles. The molecule has 1 amide bonds. The standard InChI is InChI=1S/C17H21BrN2O3/c1-17-6-4-3-5-11(17)14(17)16(22)20-19-9-10-7-12(18)15(21)13(8-10)23-2/h7-9,11,14,21H,3-6H2,1-2H3,(H,20,22)/b19-9-. The molecule has 0 aliphatic heterocycles. The summed E-state index contributed by atoms with van der Waals surface area (Å²) < 4.78 is 5.61. The number of carbonyl (C=O) groups excluding carboxylic acids is 1. The lowest BCUT2D eigenvalue weighted by atomic mass is 9.90. The van der Waals surface area contributed by atoms with Gasteiger partial charge in [-0.05, 0) is 57.8 Å². The molecule has 2 fully saturated rings. The van der Waals surface area contributed by atoms with Gasteiger partial charge in [-0.2, -0.15) is 5.10 Å². The predicted molar refractivity (Wildman–Crippen MR) is 91.7 cm³/mol. The lowest BCUT2D eigenvalue weighted by molar-refractivity contribution is -0.123. The van der Waals surface area contributed by atoms with E-state index in [0.717, 1.165) is 18.4 Å². The number of rotatable bonds is 4. The lowest BCUT2D eigenvalue weighted by Gasteiger charge is -2.15. The highest BCUT2D eigenvalue weighted by Gasteiger charge is 2.64. The SMILES string of the molecule is COc1cc(/C=N\NC(=O)C2C3CCCCC32C)cc(Br)c1O. The average molecular weight is 381 g/mol. The zero-order valence-electron chi connectivity index (χ0n) is 13.3. The van der Waals surface area contributed by atoms with E-state index in [1.165, 1.54) is 20.0 Å². The number of hydrogen-bond donors (Lipinski definition) is 2. The Bertz CT molecular complexity index is 661. The molecule has 0 heterocycles. The normalized spacial score (nSPS) is 29.2. The van der Waals surface area contributed by atoms with Crippen LogP contribution < -0.4 is 10.2 Å². The van der Waals surface area contributed by atoms with Crippen LogP contribution in [-0.2, 0) is 4.79 Å². The van der Waals surface area contributed by atoms with Crippen LogP contribution in [-0.4, -0.2) is 24.3 Å². The molecule has 1 aromatic carbocycles. The van der Waals surface area contributed by atoms with Gasteiger partial charge in [-0.3, -0.25) is 4.79 Å². The predicted octanol–water partition coefficient (Wildman–Crippen LogP) is 3.44. The Hall–Kier alpha value is -1.56. The molecular weight excluding hydrogens is 360 g/mol. The van der Waals surface area contributed by atoms with Crippen LogP contribution in [0.15, 0.2) is 21.7 Å². The van der Waals surface area contributed by atoms with Gasteiger partial charge >= 0.3 is 0 Å². The van der Waals surface area contributed by atoms with Crippen LogP contribution >= 0.6 is 15.9 Å². The number of methoxy groups -OCH3 is 1. The van der Waals surface area contributed by atoms with Gasteiger partial charge in [0, 0.05) is 5.92 Å². The molecule has 0 bridgehead atoms. The van der Waals surface area contributed by atoms with Gasteiger partial charge in [-0.25, -0.2) is 5.43 Å². The Morgan fingerprint density at radius 3 is 2.96 bits per heavy atom. The molecule has 6 heteroatoms. The van der Waals surface area contributed by atoms with Crippen molar-refractivity contribution in [2.75, 3.05) is 7.11 Å². The number of aromatic hydroxyl groups is 1. The minimum atomic E-state index is 0.0143. The van der Waals surface area contributed by atoms with Crippen molar-refractivity contribution in [3.63, 3.8) is 0 Å². The van der Waals surface area contributed by atoms with Gasteiger partial charge in [0.2, 0.25) is 5.91 Å². The maximum atomic E-state index is 12.3. The van der Waals surface area contributed by atoms with E-state index in [1.54, 1.807) is 18.3 Å². The van der Waals surface area contributed by atoms with Crippen molar-refractivity contribution in [2.24, 2.45) is 22.4 Å². The second-order valence-corrected chi connectivity index (χ2v) is 7.48. The topological polar surface area (TPSA) is 70.9 Å². The number of nitrogens with one attached hydrogen (secondary N) is 1. The largest absolute Gasteiger partial charge is 0.503 e. The Morgan fingerprint density at radius 2 is 2.30 bits per heavy atom. The Morgan fingerprint density at radius 1 is 1.52 bits per heavy atom. The van der Waals surface area contributed by atoms with Crippen molar-refractivity contribution in [1.29, 1.82) is 0 Å². The molecule has 0 spiro atoms. The zero-order chi connectivity index (χ0) is 16.6. The number of fused-ring (bicyclic) bond motifs is 1. The Kier molecular flexibility index (Phi) is 4.36. The third-order valence-electron chi connectivity index (χ3n) is 5.27. The number of carbonyl (C=O) groups is 1. The number of phenols is 1. The second kappa shape index (κ2) is 6.15. The van der Waals surface area contributed by atoms with E-state index in [4.69, 9.17) is 4.74 Å². The molecule has 2 aliphatic carbocycles. The monoisotopic (exact) mass is 380 g/mol. The van der Waals surface area contributed by atoms with Crippen LogP contribution in [0, 0.1) is 17.3 Å². The van der Waals surface area contributed by atoms with Gasteiger partial charge in [0.25, 0.3) is 0 Å². The fourth-order valence-electron chi connectivity index (χ4n) is 3.91. The average Bonchev–Trinajstić information content (AvgIpc) is 3.16. The molecule has 5 nitrogen and oxygen atoms in total. The molecule has 1 aromatic rings. The maximum absolute atomic E-state index is 12.3. The first-order chi connectivity index (χ1) is 11.0. The summed E-state index contributed by atoms with van der Waals surface area (Å²) in [6, 6.07) is 3.37. The zero-order valence-corrected chi connectivity index (χ0v) is 14.9. The first kappa shape index (κ1) is 16.3. The minimum Gasteiger partial charge on any atom is -0.503 e. The highest BCUT2D eigenvalue weighted by Crippen LogP contribution is 2.66. The summed E-state index contributed by atoms with van der Waals surface area (Å²) in [5.74, 6) is 1.04. The quantitative estimate of drug-likeness (QED) is 0.620. The fraction of sp³-hybridized carbons (Fsp3) is 0.529. The fourth-order valence-corrected chi connectivity index (χ4v) is 4.37. The molecule has 23 heavy (non-hydrogen) atoms. The van der Waals surface area contributed by atoms with Crippen molar-refractivity contribution >= 4 is 28.1 Å². The van der Waals surface area contributed by atoms with Gasteiger partial charge in [-0.15, -0.1) is 0 Å². The smallest absolute Gasteiger partial charge is 0.244 e. The van der Waals surface area contributed by atoms with E-state index in [1.807, 2.05) is 0 Å². The van der Waals surface area contributed by atoms with E-state index in [2.05, 4.69) is 33.4 Å². The number of benzene rings is 1. The van der Waals surface area contributed by atoms with Crippen molar-refractivity contribution < 1.29 is 14.6 Å². The van der Waals surface area contributed by atoms with Crippen LogP contribution in [0.25, 0.3) is 0 Å². The molecule has 2 aliphatic rings. The summed E-state index contributed by atoms with van der Waals surface area (Å²) in [5.41, 5.74) is 3.57. The summed E-state index contributed by atoms with van der Waals surface area (Å²) in [6.07, 6.45) is 6.30. The highest BCUT2D eigenvalue weighted by atomic mass is 79.9. The van der Waals surface area contributed by atoms with Crippen LogP contribution in [0.2, 0.25) is 0 Å². The molecule has 3 unspecified atom stereocenters. The minimum absolute atomic E-state index is 0.0143. The summed E-state index contributed by atoms with van der Waals surface area (Å²) in [4.78, 5) is 12.3. The third-order valence-corrected chi connectivity index (χ3v) is 5.88. The first-order valence-electron chi connectivity index (χ1n) is 7.87. The number of amides is 1. The Balaban J connectivity index is 1.63. The first-order valence-corrected chi connectivity index (χ1v) is 8.66. The van der Waals surface area contributed by atoms with E-state index in [-0.39, 0.29) is 23.0 Å². The van der Waals surface area contributed by atoms with Crippen LogP contribution in [0.4, 0.5) is 0 Å². The number of halogens is 1. The van der Waals surface area contributed by atoms with Crippen molar-refractivity contribution in [3.8, 4) is 11.5 Å². The molecule has 3 rings (SSSR count). The van der Waals surface area contributed by atoms with Crippen LogP contribution in [0.3, 0.4) is 0 Å². The van der Waals surface area contributed by atoms with Crippen LogP contribution in [0.5, 0.6) is 11.5 Å². The third kappa shape index (κ3) is 2.96. The number of phenolic OH excluding ortho intramolecular Hbond substituents is 1. The highest BCUT2D eigenvalue weighted by molar-refractivity contribution is 9.10. The molecule has 0 saturated heterocycles. The second-order valence-electron chi connectivity index (χ2n) is 6.62. The lowest BCUT2D eigenvalue weighted by Crippen LogP contribution is -2.22. The molecule has 124 valence electrons. The summed E-state index contributed by atoms with van der Waals surface area (Å²) >= 11 is 3.26. The van der Waals surface area contributed by atoms with Crippen molar-refractivity contribution in [3.05, 3.63) is 22.2 Å². The van der Waals surface area contributed by atoms with Crippen LogP contribution in [0.1, 0.15) is 38.2 Å². The maximum Gasteiger partial charge on any atom is 0.244 e. The van der Waals surface area contributed by atoms with E-state index in [9.17, 15) is 9.90 Å². The van der Waals surface area contributed by atoms with E-state index in [0.29, 0.717) is 16.1 Å².